The van der Waals surface area contributed by atoms with Crippen LogP contribution in [0.2, 0.25) is 0 Å². The van der Waals surface area contributed by atoms with Crippen LogP contribution in [0, 0.1) is 5.82 Å². The number of fused-ring (bicyclic) bond motifs is 1. The third-order valence-corrected chi connectivity index (χ3v) is 3.82. The summed E-state index contributed by atoms with van der Waals surface area (Å²) >= 11 is 3.08. The van der Waals surface area contributed by atoms with Crippen molar-refractivity contribution in [1.29, 1.82) is 0 Å². The van der Waals surface area contributed by atoms with Gasteiger partial charge in [0.05, 0.1) is 10.0 Å². The molecule has 4 heteroatoms. The van der Waals surface area contributed by atoms with Crippen LogP contribution in [0.1, 0.15) is 10.4 Å². The standard InChI is InChI=1S/C17H11BrFNO/c18-15-7-3-6-14(16(15)19)17(21)20-13-9-8-11-4-1-2-5-12(11)10-13/h1-10H,(H,20,21). The van der Waals surface area contributed by atoms with Crippen molar-refractivity contribution in [3.63, 3.8) is 0 Å². The first-order chi connectivity index (χ1) is 10.1. The number of benzene rings is 3. The van der Waals surface area contributed by atoms with Gasteiger partial charge in [-0.05, 0) is 51.0 Å². The van der Waals surface area contributed by atoms with Gasteiger partial charge in [-0.25, -0.2) is 4.39 Å². The topological polar surface area (TPSA) is 29.1 Å². The maximum Gasteiger partial charge on any atom is 0.258 e. The van der Waals surface area contributed by atoms with Gasteiger partial charge in [-0.1, -0.05) is 36.4 Å². The number of amides is 1. The molecule has 3 aromatic rings. The lowest BCUT2D eigenvalue weighted by Gasteiger charge is -2.08. The van der Waals surface area contributed by atoms with E-state index in [1.165, 1.54) is 6.07 Å². The number of carbonyl (C=O) groups excluding carboxylic acids is 1. The predicted molar refractivity (Wildman–Crippen MR) is 86.0 cm³/mol. The highest BCUT2D eigenvalue weighted by Gasteiger charge is 2.14. The van der Waals surface area contributed by atoms with Gasteiger partial charge in [-0.2, -0.15) is 0 Å². The Morgan fingerprint density at radius 2 is 1.71 bits per heavy atom. The molecule has 0 aliphatic heterocycles. The lowest BCUT2D eigenvalue weighted by molar-refractivity contribution is 0.102. The van der Waals surface area contributed by atoms with E-state index in [2.05, 4.69) is 21.2 Å². The first-order valence-corrected chi connectivity index (χ1v) is 7.18. The number of rotatable bonds is 2. The van der Waals surface area contributed by atoms with Crippen LogP contribution in [0.3, 0.4) is 0 Å². The largest absolute Gasteiger partial charge is 0.322 e. The van der Waals surface area contributed by atoms with Crippen molar-refractivity contribution in [2.45, 2.75) is 0 Å². The zero-order valence-corrected chi connectivity index (χ0v) is 12.5. The molecule has 0 fully saturated rings. The number of halogens is 2. The van der Waals surface area contributed by atoms with Gasteiger partial charge in [0, 0.05) is 5.69 Å². The average molecular weight is 344 g/mol. The van der Waals surface area contributed by atoms with Gasteiger partial charge in [-0.3, -0.25) is 4.79 Å². The lowest BCUT2D eigenvalue weighted by atomic mass is 10.1. The van der Waals surface area contributed by atoms with Crippen LogP contribution < -0.4 is 5.32 Å². The number of hydrogen-bond acceptors (Lipinski definition) is 1. The second-order valence-electron chi connectivity index (χ2n) is 4.62. The van der Waals surface area contributed by atoms with Gasteiger partial charge in [0.15, 0.2) is 0 Å². The second kappa shape index (κ2) is 5.66. The molecule has 0 unspecified atom stereocenters. The molecule has 3 aromatic carbocycles. The van der Waals surface area contributed by atoms with E-state index < -0.39 is 11.7 Å². The maximum atomic E-state index is 13.9. The molecule has 0 heterocycles. The Balaban J connectivity index is 1.91. The molecule has 0 bridgehead atoms. The van der Waals surface area contributed by atoms with Crippen molar-refractivity contribution in [2.24, 2.45) is 0 Å². The summed E-state index contributed by atoms with van der Waals surface area (Å²) in [5.74, 6) is -1.03. The number of anilines is 1. The average Bonchev–Trinajstić information content (AvgIpc) is 2.50. The molecular formula is C17H11BrFNO. The minimum Gasteiger partial charge on any atom is -0.322 e. The van der Waals surface area contributed by atoms with Crippen LogP contribution in [0.5, 0.6) is 0 Å². The summed E-state index contributed by atoms with van der Waals surface area (Å²) in [5.41, 5.74) is 0.649. The molecule has 0 radical (unpaired) electrons. The number of hydrogen-bond donors (Lipinski definition) is 1. The third-order valence-electron chi connectivity index (χ3n) is 3.20. The first kappa shape index (κ1) is 13.8. The van der Waals surface area contributed by atoms with E-state index in [0.29, 0.717) is 5.69 Å². The van der Waals surface area contributed by atoms with E-state index in [-0.39, 0.29) is 10.0 Å². The summed E-state index contributed by atoms with van der Waals surface area (Å²) in [5, 5.41) is 4.82. The third kappa shape index (κ3) is 2.81. The molecule has 3 rings (SSSR count). The van der Waals surface area contributed by atoms with Crippen LogP contribution in [0.4, 0.5) is 10.1 Å². The summed E-state index contributed by atoms with van der Waals surface area (Å²) in [4.78, 5) is 12.2. The van der Waals surface area contributed by atoms with Crippen molar-refractivity contribution >= 4 is 38.3 Å². The summed E-state index contributed by atoms with van der Waals surface area (Å²) in [6.07, 6.45) is 0. The van der Waals surface area contributed by atoms with Crippen LogP contribution in [-0.4, -0.2) is 5.91 Å². The highest BCUT2D eigenvalue weighted by molar-refractivity contribution is 9.10. The molecule has 0 aromatic heterocycles. The molecular weight excluding hydrogens is 333 g/mol. The lowest BCUT2D eigenvalue weighted by Crippen LogP contribution is -2.13. The van der Waals surface area contributed by atoms with Gasteiger partial charge in [0.2, 0.25) is 0 Å². The zero-order valence-electron chi connectivity index (χ0n) is 10.9. The highest BCUT2D eigenvalue weighted by atomic mass is 79.9. The van der Waals surface area contributed by atoms with Crippen molar-refractivity contribution in [1.82, 2.24) is 0 Å². The van der Waals surface area contributed by atoms with Crippen molar-refractivity contribution in [3.05, 3.63) is 76.5 Å². The highest BCUT2D eigenvalue weighted by Crippen LogP contribution is 2.22. The van der Waals surface area contributed by atoms with Crippen LogP contribution in [-0.2, 0) is 0 Å². The van der Waals surface area contributed by atoms with Crippen molar-refractivity contribution in [2.75, 3.05) is 5.32 Å². The SMILES string of the molecule is O=C(Nc1ccc2ccccc2c1)c1cccc(Br)c1F. The molecule has 0 aliphatic carbocycles. The number of nitrogens with one attached hydrogen (secondary N) is 1. The minimum atomic E-state index is -0.559. The Morgan fingerprint density at radius 1 is 0.952 bits per heavy atom. The van der Waals surface area contributed by atoms with E-state index in [1.54, 1.807) is 18.2 Å². The van der Waals surface area contributed by atoms with Gasteiger partial charge < -0.3 is 5.32 Å². The molecule has 1 N–H and O–H groups in total. The molecule has 104 valence electrons. The molecule has 21 heavy (non-hydrogen) atoms. The van der Waals surface area contributed by atoms with E-state index in [9.17, 15) is 9.18 Å². The van der Waals surface area contributed by atoms with Crippen LogP contribution >= 0.6 is 15.9 Å². The monoisotopic (exact) mass is 343 g/mol. The first-order valence-electron chi connectivity index (χ1n) is 6.39. The maximum absolute atomic E-state index is 13.9. The summed E-state index contributed by atoms with van der Waals surface area (Å²) in [6.45, 7) is 0. The quantitative estimate of drug-likeness (QED) is 0.697. The number of carbonyl (C=O) groups is 1. The Bertz CT molecular complexity index is 832. The molecule has 0 spiro atoms. The van der Waals surface area contributed by atoms with E-state index in [1.807, 2.05) is 36.4 Å². The molecule has 1 amide bonds. The van der Waals surface area contributed by atoms with Crippen LogP contribution in [0.25, 0.3) is 10.8 Å². The Morgan fingerprint density at radius 3 is 2.52 bits per heavy atom. The fourth-order valence-corrected chi connectivity index (χ4v) is 2.51. The van der Waals surface area contributed by atoms with Gasteiger partial charge in [0.1, 0.15) is 5.82 Å². The minimum absolute atomic E-state index is 0.0116. The van der Waals surface area contributed by atoms with Crippen molar-refractivity contribution < 1.29 is 9.18 Å². The van der Waals surface area contributed by atoms with E-state index in [0.717, 1.165) is 10.8 Å². The molecule has 0 aliphatic rings. The predicted octanol–water partition coefficient (Wildman–Crippen LogP) is 4.99. The molecule has 0 saturated heterocycles. The fourth-order valence-electron chi connectivity index (χ4n) is 2.14. The van der Waals surface area contributed by atoms with Gasteiger partial charge in [0.25, 0.3) is 5.91 Å². The Hall–Kier alpha value is -2.20. The van der Waals surface area contributed by atoms with E-state index in [4.69, 9.17) is 0 Å². The molecule has 0 saturated carbocycles. The van der Waals surface area contributed by atoms with Crippen LogP contribution in [0.15, 0.2) is 65.1 Å². The van der Waals surface area contributed by atoms with E-state index >= 15 is 0 Å². The van der Waals surface area contributed by atoms with Gasteiger partial charge in [-0.15, -0.1) is 0 Å². The van der Waals surface area contributed by atoms with Crippen molar-refractivity contribution in [3.8, 4) is 0 Å². The second-order valence-corrected chi connectivity index (χ2v) is 5.47. The Labute approximate surface area is 129 Å². The zero-order chi connectivity index (χ0) is 14.8. The smallest absolute Gasteiger partial charge is 0.258 e. The Kier molecular flexibility index (Phi) is 3.71. The normalized spacial score (nSPS) is 10.6. The fraction of sp³-hybridized carbons (Fsp3) is 0. The summed E-state index contributed by atoms with van der Waals surface area (Å²) in [7, 11) is 0. The summed E-state index contributed by atoms with van der Waals surface area (Å²) in [6, 6.07) is 18.1. The molecule has 0 atom stereocenters. The molecule has 2 nitrogen and oxygen atoms in total. The summed E-state index contributed by atoms with van der Waals surface area (Å²) < 4.78 is 14.2. The van der Waals surface area contributed by atoms with Gasteiger partial charge >= 0.3 is 0 Å².